The summed E-state index contributed by atoms with van der Waals surface area (Å²) in [6.07, 6.45) is 2.83. The van der Waals surface area contributed by atoms with Crippen LogP contribution in [0.1, 0.15) is 71.9 Å². The van der Waals surface area contributed by atoms with E-state index >= 15 is 0 Å². The van der Waals surface area contributed by atoms with Crippen LogP contribution in [0, 0.1) is 25.5 Å². The Hall–Kier alpha value is -3.54. The normalized spacial score (nSPS) is 14.8. The number of nitrogens with zero attached hydrogens (tertiary/aromatic N) is 2. The maximum Gasteiger partial charge on any atom is 0.253 e. The standard InChI is InChI=1S/C29H29F2N3O/c1-17(2)27-21(28(35)32-29(15-6-16-29)20-11-9-18(3)10-12-20)13-14-24-25(19(4)33-34(24)27)26-22(30)7-5-8-23(26)31/h5,7-14,17H,6,15-16H2,1-4H3,(H,32,35). The molecular weight excluding hydrogens is 444 g/mol. The number of aromatic nitrogens is 2. The van der Waals surface area contributed by atoms with Crippen molar-refractivity contribution in [3.05, 3.63) is 94.3 Å². The first-order valence-electron chi connectivity index (χ1n) is 12.1. The molecular formula is C29H29F2N3O. The van der Waals surface area contributed by atoms with E-state index in [1.807, 2.05) is 20.8 Å². The summed E-state index contributed by atoms with van der Waals surface area (Å²) in [6.45, 7) is 7.77. The first kappa shape index (κ1) is 23.2. The molecule has 0 unspecified atom stereocenters. The lowest BCUT2D eigenvalue weighted by Gasteiger charge is -2.43. The quantitative estimate of drug-likeness (QED) is 0.345. The number of benzene rings is 2. The second kappa shape index (κ2) is 8.59. The summed E-state index contributed by atoms with van der Waals surface area (Å²) in [5.74, 6) is -1.49. The van der Waals surface area contributed by atoms with Gasteiger partial charge in [-0.15, -0.1) is 0 Å². The van der Waals surface area contributed by atoms with Crippen LogP contribution < -0.4 is 5.32 Å². The maximum atomic E-state index is 14.7. The molecule has 0 saturated heterocycles. The number of rotatable bonds is 5. The summed E-state index contributed by atoms with van der Waals surface area (Å²) in [5, 5.41) is 7.95. The van der Waals surface area contributed by atoms with Crippen molar-refractivity contribution in [2.24, 2.45) is 0 Å². The van der Waals surface area contributed by atoms with Crippen LogP contribution in [0.15, 0.2) is 54.6 Å². The number of carbonyl (C=O) groups excluding carboxylic acids is 1. The lowest BCUT2D eigenvalue weighted by molar-refractivity contribution is 0.0821. The van der Waals surface area contributed by atoms with Crippen LogP contribution in [0.2, 0.25) is 0 Å². The highest BCUT2D eigenvalue weighted by atomic mass is 19.1. The van der Waals surface area contributed by atoms with Gasteiger partial charge in [0.15, 0.2) is 0 Å². The summed E-state index contributed by atoms with van der Waals surface area (Å²) < 4.78 is 31.0. The van der Waals surface area contributed by atoms with Crippen molar-refractivity contribution in [1.29, 1.82) is 0 Å². The van der Waals surface area contributed by atoms with Crippen LogP contribution >= 0.6 is 0 Å². The molecule has 0 bridgehead atoms. The van der Waals surface area contributed by atoms with Crippen LogP contribution in [0.3, 0.4) is 0 Å². The van der Waals surface area contributed by atoms with E-state index in [4.69, 9.17) is 0 Å². The van der Waals surface area contributed by atoms with E-state index in [0.29, 0.717) is 28.0 Å². The minimum atomic E-state index is -0.638. The topological polar surface area (TPSA) is 46.4 Å². The van der Waals surface area contributed by atoms with Crippen molar-refractivity contribution in [1.82, 2.24) is 14.9 Å². The predicted molar refractivity (Wildman–Crippen MR) is 134 cm³/mol. The lowest BCUT2D eigenvalue weighted by atomic mass is 9.71. The Labute approximate surface area is 204 Å². The van der Waals surface area contributed by atoms with E-state index in [2.05, 4.69) is 34.7 Å². The number of carbonyl (C=O) groups is 1. The van der Waals surface area contributed by atoms with Gasteiger partial charge < -0.3 is 5.32 Å². The number of nitrogens with one attached hydrogen (secondary N) is 1. The van der Waals surface area contributed by atoms with E-state index in [9.17, 15) is 13.6 Å². The van der Waals surface area contributed by atoms with Crippen molar-refractivity contribution in [2.75, 3.05) is 0 Å². The van der Waals surface area contributed by atoms with Gasteiger partial charge >= 0.3 is 0 Å². The Kier molecular flexibility index (Phi) is 5.70. The van der Waals surface area contributed by atoms with E-state index in [1.54, 1.807) is 23.6 Å². The molecule has 1 fully saturated rings. The van der Waals surface area contributed by atoms with Crippen molar-refractivity contribution in [3.63, 3.8) is 0 Å². The van der Waals surface area contributed by atoms with Crippen LogP contribution in [-0.2, 0) is 5.54 Å². The number of hydrogen-bond acceptors (Lipinski definition) is 2. The number of aryl methyl sites for hydroxylation is 2. The van der Waals surface area contributed by atoms with E-state index in [0.717, 1.165) is 24.8 Å². The Morgan fingerprint density at radius 1 is 0.971 bits per heavy atom. The smallest absolute Gasteiger partial charge is 0.253 e. The third-order valence-corrected chi connectivity index (χ3v) is 7.18. The van der Waals surface area contributed by atoms with Gasteiger partial charge in [0.25, 0.3) is 5.91 Å². The van der Waals surface area contributed by atoms with Crippen molar-refractivity contribution >= 4 is 11.4 Å². The second-order valence-corrected chi connectivity index (χ2v) is 9.90. The van der Waals surface area contributed by atoms with Crippen LogP contribution in [0.4, 0.5) is 8.78 Å². The largest absolute Gasteiger partial charge is 0.342 e. The Morgan fingerprint density at radius 3 is 2.20 bits per heavy atom. The Balaban J connectivity index is 1.61. The monoisotopic (exact) mass is 473 g/mol. The Morgan fingerprint density at radius 2 is 1.63 bits per heavy atom. The molecule has 0 atom stereocenters. The fourth-order valence-electron chi connectivity index (χ4n) is 5.21. The second-order valence-electron chi connectivity index (χ2n) is 9.90. The summed E-state index contributed by atoms with van der Waals surface area (Å²) >= 11 is 0. The SMILES string of the molecule is Cc1ccc(C2(NC(=O)c3ccc4c(-c5c(F)cccc5F)c(C)nn4c3C(C)C)CCC2)cc1. The summed E-state index contributed by atoms with van der Waals surface area (Å²) in [7, 11) is 0. The highest BCUT2D eigenvalue weighted by molar-refractivity contribution is 5.97. The van der Waals surface area contributed by atoms with Crippen molar-refractivity contribution in [3.8, 4) is 11.1 Å². The zero-order valence-electron chi connectivity index (χ0n) is 20.5. The maximum absolute atomic E-state index is 14.7. The summed E-state index contributed by atoms with van der Waals surface area (Å²) in [5.41, 5.74) is 4.53. The molecule has 4 aromatic rings. The zero-order valence-corrected chi connectivity index (χ0v) is 20.5. The van der Waals surface area contributed by atoms with Crippen molar-refractivity contribution < 1.29 is 13.6 Å². The first-order valence-corrected chi connectivity index (χ1v) is 12.1. The molecule has 2 heterocycles. The van der Waals surface area contributed by atoms with Gasteiger partial charge in [-0.05, 0) is 68.9 Å². The molecule has 1 aliphatic rings. The van der Waals surface area contributed by atoms with E-state index in [-0.39, 0.29) is 22.9 Å². The molecule has 0 aliphatic heterocycles. The van der Waals surface area contributed by atoms with E-state index < -0.39 is 11.6 Å². The van der Waals surface area contributed by atoms with Gasteiger partial charge in [-0.1, -0.05) is 49.7 Å². The molecule has 1 N–H and O–H groups in total. The average molecular weight is 474 g/mol. The number of fused-ring (bicyclic) bond motifs is 1. The molecule has 1 saturated carbocycles. The lowest BCUT2D eigenvalue weighted by Crippen LogP contribution is -2.51. The van der Waals surface area contributed by atoms with Gasteiger partial charge in [-0.25, -0.2) is 13.3 Å². The number of pyridine rings is 1. The van der Waals surface area contributed by atoms with Gasteiger partial charge in [0.05, 0.1) is 33.6 Å². The van der Waals surface area contributed by atoms with Gasteiger partial charge in [0, 0.05) is 5.56 Å². The van der Waals surface area contributed by atoms with Crippen LogP contribution in [0.5, 0.6) is 0 Å². The molecule has 2 aromatic heterocycles. The minimum Gasteiger partial charge on any atom is -0.342 e. The molecule has 1 amide bonds. The van der Waals surface area contributed by atoms with Gasteiger partial charge in [-0.3, -0.25) is 4.79 Å². The molecule has 0 spiro atoms. The summed E-state index contributed by atoms with van der Waals surface area (Å²) in [4.78, 5) is 13.7. The third-order valence-electron chi connectivity index (χ3n) is 7.18. The predicted octanol–water partition coefficient (Wildman–Crippen LogP) is 6.83. The van der Waals surface area contributed by atoms with Crippen LogP contribution in [0.25, 0.3) is 16.6 Å². The molecule has 180 valence electrons. The molecule has 2 aromatic carbocycles. The summed E-state index contributed by atoms with van der Waals surface area (Å²) in [6, 6.07) is 15.7. The minimum absolute atomic E-state index is 0.0474. The molecule has 4 nitrogen and oxygen atoms in total. The van der Waals surface area contributed by atoms with Gasteiger partial charge in [0.1, 0.15) is 11.6 Å². The average Bonchev–Trinajstić information content (AvgIpc) is 3.11. The fraction of sp³-hybridized carbons (Fsp3) is 0.310. The third kappa shape index (κ3) is 3.81. The zero-order chi connectivity index (χ0) is 24.9. The van der Waals surface area contributed by atoms with Crippen molar-refractivity contribution in [2.45, 2.75) is 58.4 Å². The number of hydrogen-bond donors (Lipinski definition) is 1. The Bertz CT molecular complexity index is 1410. The van der Waals surface area contributed by atoms with Gasteiger partial charge in [-0.2, -0.15) is 5.10 Å². The number of halogens is 2. The molecule has 6 heteroatoms. The number of amides is 1. The highest BCUT2D eigenvalue weighted by Crippen LogP contribution is 2.42. The van der Waals surface area contributed by atoms with Crippen LogP contribution in [-0.4, -0.2) is 15.5 Å². The molecule has 0 radical (unpaired) electrons. The molecule has 1 aliphatic carbocycles. The molecule has 5 rings (SSSR count). The van der Waals surface area contributed by atoms with E-state index in [1.165, 1.54) is 23.8 Å². The highest BCUT2D eigenvalue weighted by Gasteiger charge is 2.40. The molecule has 35 heavy (non-hydrogen) atoms. The first-order chi connectivity index (χ1) is 16.7. The fourth-order valence-corrected chi connectivity index (χ4v) is 5.21. The van der Waals surface area contributed by atoms with Gasteiger partial charge in [0.2, 0.25) is 0 Å².